The zero-order valence-corrected chi connectivity index (χ0v) is 14.0. The number of carbonyl (C=O) groups excluding carboxylic acids is 1. The second kappa shape index (κ2) is 7.63. The average molecular weight is 338 g/mol. The minimum Gasteiger partial charge on any atom is -0.496 e. The van der Waals surface area contributed by atoms with Crippen LogP contribution in [0.15, 0.2) is 59.1 Å². The second-order valence-electron chi connectivity index (χ2n) is 5.36. The lowest BCUT2D eigenvalue weighted by atomic mass is 10.1. The van der Waals surface area contributed by atoms with Crippen molar-refractivity contribution >= 4 is 5.91 Å². The van der Waals surface area contributed by atoms with Crippen molar-refractivity contribution in [1.82, 2.24) is 10.6 Å². The van der Waals surface area contributed by atoms with Crippen LogP contribution in [0.4, 0.5) is 0 Å². The van der Waals surface area contributed by atoms with Crippen LogP contribution in [-0.2, 0) is 11.4 Å². The van der Waals surface area contributed by atoms with Crippen molar-refractivity contribution in [3.05, 3.63) is 71.5 Å². The van der Waals surface area contributed by atoms with E-state index in [1.807, 2.05) is 54.6 Å². The molecule has 1 amide bonds. The van der Waals surface area contributed by atoms with E-state index in [9.17, 15) is 4.79 Å². The van der Waals surface area contributed by atoms with Crippen molar-refractivity contribution in [1.29, 1.82) is 0 Å². The van der Waals surface area contributed by atoms with Gasteiger partial charge in [-0.1, -0.05) is 53.7 Å². The molecule has 1 heterocycles. The van der Waals surface area contributed by atoms with Gasteiger partial charge in [0.05, 0.1) is 7.11 Å². The fourth-order valence-electron chi connectivity index (χ4n) is 2.49. The van der Waals surface area contributed by atoms with Gasteiger partial charge in [0.25, 0.3) is 5.91 Å². The fourth-order valence-corrected chi connectivity index (χ4v) is 2.49. The predicted octanol–water partition coefficient (Wildman–Crippen LogP) is 3.52. The number of nitrogens with one attached hydrogen (secondary N) is 1. The van der Waals surface area contributed by atoms with Crippen LogP contribution in [-0.4, -0.2) is 18.2 Å². The van der Waals surface area contributed by atoms with Gasteiger partial charge in [0.2, 0.25) is 0 Å². The van der Waals surface area contributed by atoms with Crippen molar-refractivity contribution < 1.29 is 18.9 Å². The summed E-state index contributed by atoms with van der Waals surface area (Å²) >= 11 is 0. The SMILES string of the molecule is COc1ccccc1CONC(=O)c1c(-c2ccccc2)noc1C. The first-order chi connectivity index (χ1) is 12.2. The quantitative estimate of drug-likeness (QED) is 0.696. The van der Waals surface area contributed by atoms with Gasteiger partial charge in [0.15, 0.2) is 0 Å². The number of aryl methyl sites for hydroxylation is 1. The van der Waals surface area contributed by atoms with E-state index in [-0.39, 0.29) is 6.61 Å². The van der Waals surface area contributed by atoms with Gasteiger partial charge in [0, 0.05) is 11.1 Å². The summed E-state index contributed by atoms with van der Waals surface area (Å²) in [4.78, 5) is 17.8. The number of para-hydroxylation sites is 1. The summed E-state index contributed by atoms with van der Waals surface area (Å²) in [5.41, 5.74) is 4.91. The number of carbonyl (C=O) groups is 1. The molecule has 0 aliphatic rings. The maximum atomic E-state index is 12.5. The van der Waals surface area contributed by atoms with E-state index in [2.05, 4.69) is 10.6 Å². The molecule has 3 aromatic rings. The number of hydrogen-bond donors (Lipinski definition) is 1. The Labute approximate surface area is 145 Å². The topological polar surface area (TPSA) is 73.6 Å². The molecular weight excluding hydrogens is 320 g/mol. The Kier molecular flexibility index (Phi) is 5.11. The highest BCUT2D eigenvalue weighted by atomic mass is 16.7. The molecule has 6 heteroatoms. The lowest BCUT2D eigenvalue weighted by Crippen LogP contribution is -2.24. The zero-order valence-electron chi connectivity index (χ0n) is 14.0. The molecule has 0 radical (unpaired) electrons. The van der Waals surface area contributed by atoms with Crippen molar-refractivity contribution in [2.75, 3.05) is 7.11 Å². The molecule has 6 nitrogen and oxygen atoms in total. The first-order valence-corrected chi connectivity index (χ1v) is 7.76. The molecular formula is C19H18N2O4. The summed E-state index contributed by atoms with van der Waals surface area (Å²) in [5, 5.41) is 3.99. The van der Waals surface area contributed by atoms with Crippen LogP contribution in [0.2, 0.25) is 0 Å². The van der Waals surface area contributed by atoms with Gasteiger partial charge < -0.3 is 9.26 Å². The molecule has 0 spiro atoms. The second-order valence-corrected chi connectivity index (χ2v) is 5.36. The molecule has 0 saturated carbocycles. The van der Waals surface area contributed by atoms with Crippen LogP contribution in [0, 0.1) is 6.92 Å². The van der Waals surface area contributed by atoms with Crippen LogP contribution >= 0.6 is 0 Å². The van der Waals surface area contributed by atoms with Gasteiger partial charge in [-0.25, -0.2) is 5.48 Å². The fraction of sp³-hybridized carbons (Fsp3) is 0.158. The van der Waals surface area contributed by atoms with Crippen LogP contribution in [0.5, 0.6) is 5.75 Å². The average Bonchev–Trinajstić information content (AvgIpc) is 3.04. The molecule has 0 saturated heterocycles. The van der Waals surface area contributed by atoms with Crippen molar-refractivity contribution in [2.24, 2.45) is 0 Å². The first-order valence-electron chi connectivity index (χ1n) is 7.76. The summed E-state index contributed by atoms with van der Waals surface area (Å²) in [6.07, 6.45) is 0. The highest BCUT2D eigenvalue weighted by Gasteiger charge is 2.21. The maximum absolute atomic E-state index is 12.5. The van der Waals surface area contributed by atoms with Crippen LogP contribution in [0.1, 0.15) is 21.7 Å². The summed E-state index contributed by atoms with van der Waals surface area (Å²) in [7, 11) is 1.59. The van der Waals surface area contributed by atoms with Crippen LogP contribution in [0.3, 0.4) is 0 Å². The first kappa shape index (κ1) is 16.7. The van der Waals surface area contributed by atoms with E-state index in [4.69, 9.17) is 14.1 Å². The van der Waals surface area contributed by atoms with Gasteiger partial charge in [0.1, 0.15) is 29.4 Å². The summed E-state index contributed by atoms with van der Waals surface area (Å²) < 4.78 is 10.4. The maximum Gasteiger partial charge on any atom is 0.280 e. The van der Waals surface area contributed by atoms with E-state index < -0.39 is 5.91 Å². The van der Waals surface area contributed by atoms with Gasteiger partial charge in [-0.05, 0) is 13.0 Å². The number of hydrogen-bond acceptors (Lipinski definition) is 5. The number of benzene rings is 2. The summed E-state index contributed by atoms with van der Waals surface area (Å²) in [5.74, 6) is 0.715. The van der Waals surface area contributed by atoms with Crippen LogP contribution < -0.4 is 10.2 Å². The minimum absolute atomic E-state index is 0.181. The molecule has 0 aliphatic heterocycles. The summed E-state index contributed by atoms with van der Waals surface area (Å²) in [6.45, 7) is 1.87. The normalized spacial score (nSPS) is 10.5. The van der Waals surface area contributed by atoms with Crippen molar-refractivity contribution in [2.45, 2.75) is 13.5 Å². The lowest BCUT2D eigenvalue weighted by molar-refractivity contribution is 0.0226. The molecule has 0 atom stereocenters. The number of amides is 1. The molecule has 2 aromatic carbocycles. The molecule has 25 heavy (non-hydrogen) atoms. The van der Waals surface area contributed by atoms with Crippen molar-refractivity contribution in [3.63, 3.8) is 0 Å². The number of methoxy groups -OCH3 is 1. The molecule has 0 fully saturated rings. The number of rotatable bonds is 6. The Morgan fingerprint density at radius 3 is 2.60 bits per heavy atom. The highest BCUT2D eigenvalue weighted by Crippen LogP contribution is 2.25. The van der Waals surface area contributed by atoms with Crippen molar-refractivity contribution in [3.8, 4) is 17.0 Å². The number of hydroxylamine groups is 1. The predicted molar refractivity (Wildman–Crippen MR) is 91.9 cm³/mol. The van der Waals surface area contributed by atoms with E-state index in [1.165, 1.54) is 0 Å². The Morgan fingerprint density at radius 2 is 1.84 bits per heavy atom. The smallest absolute Gasteiger partial charge is 0.280 e. The third kappa shape index (κ3) is 3.70. The van der Waals surface area contributed by atoms with E-state index >= 15 is 0 Å². The molecule has 1 N–H and O–H groups in total. The van der Waals surface area contributed by atoms with Gasteiger partial charge in [-0.3, -0.25) is 9.63 Å². The Hall–Kier alpha value is -3.12. The Bertz CT molecular complexity index is 859. The van der Waals surface area contributed by atoms with Gasteiger partial charge in [-0.15, -0.1) is 0 Å². The lowest BCUT2D eigenvalue weighted by Gasteiger charge is -2.09. The molecule has 1 aromatic heterocycles. The Balaban J connectivity index is 1.71. The third-order valence-corrected chi connectivity index (χ3v) is 3.72. The van der Waals surface area contributed by atoms with E-state index in [0.717, 1.165) is 11.1 Å². The number of ether oxygens (including phenoxy) is 1. The van der Waals surface area contributed by atoms with E-state index in [1.54, 1.807) is 14.0 Å². The minimum atomic E-state index is -0.410. The standard InChI is InChI=1S/C19H18N2O4/c1-13-17(18(20-25-13)14-8-4-3-5-9-14)19(22)21-24-12-15-10-6-7-11-16(15)23-2/h3-11H,12H2,1-2H3,(H,21,22). The number of nitrogens with zero attached hydrogens (tertiary/aromatic N) is 1. The molecule has 0 aliphatic carbocycles. The third-order valence-electron chi connectivity index (χ3n) is 3.72. The zero-order chi connectivity index (χ0) is 17.6. The molecule has 0 bridgehead atoms. The molecule has 0 unspecified atom stereocenters. The largest absolute Gasteiger partial charge is 0.496 e. The highest BCUT2D eigenvalue weighted by molar-refractivity contribution is 6.00. The molecule has 3 rings (SSSR count). The monoisotopic (exact) mass is 338 g/mol. The molecule has 128 valence electrons. The van der Waals surface area contributed by atoms with Gasteiger partial charge >= 0.3 is 0 Å². The van der Waals surface area contributed by atoms with Gasteiger partial charge in [-0.2, -0.15) is 0 Å². The van der Waals surface area contributed by atoms with E-state index in [0.29, 0.717) is 22.8 Å². The Morgan fingerprint density at radius 1 is 1.12 bits per heavy atom. The summed E-state index contributed by atoms with van der Waals surface area (Å²) in [6, 6.07) is 16.8. The number of aromatic nitrogens is 1. The van der Waals surface area contributed by atoms with Crippen LogP contribution in [0.25, 0.3) is 11.3 Å².